The van der Waals surface area contributed by atoms with Gasteiger partial charge in [0.25, 0.3) is 0 Å². The highest BCUT2D eigenvalue weighted by Crippen LogP contribution is 2.22. The van der Waals surface area contributed by atoms with Gasteiger partial charge in [0.15, 0.2) is 5.09 Å². The highest BCUT2D eigenvalue weighted by Gasteiger charge is 2.08. The molecule has 0 atom stereocenters. The van der Waals surface area contributed by atoms with Crippen LogP contribution in [0.3, 0.4) is 0 Å². The highest BCUT2D eigenvalue weighted by molar-refractivity contribution is 7.98. The van der Waals surface area contributed by atoms with Gasteiger partial charge in [-0.1, -0.05) is 11.8 Å². The average Bonchev–Trinajstić information content (AvgIpc) is 2.86. The second-order valence-electron chi connectivity index (χ2n) is 2.74. The van der Waals surface area contributed by atoms with Crippen molar-refractivity contribution in [1.82, 2.24) is 9.78 Å². The molecule has 0 aromatic carbocycles. The Balaban J connectivity index is 1.96. The van der Waals surface area contributed by atoms with Crippen LogP contribution in [0.1, 0.15) is 10.6 Å². The van der Waals surface area contributed by atoms with E-state index in [-0.39, 0.29) is 5.76 Å². The molecule has 0 amide bonds. The zero-order valence-corrected chi connectivity index (χ0v) is 8.48. The van der Waals surface area contributed by atoms with E-state index in [1.165, 1.54) is 17.8 Å². The zero-order valence-electron chi connectivity index (χ0n) is 7.66. The predicted molar refractivity (Wildman–Crippen MR) is 53.8 cm³/mol. The molecular weight excluding hydrogens is 216 g/mol. The van der Waals surface area contributed by atoms with E-state index >= 15 is 0 Å². The number of thioether (sulfide) groups is 1. The summed E-state index contributed by atoms with van der Waals surface area (Å²) >= 11 is 1.39. The minimum absolute atomic E-state index is 0.0436. The fourth-order valence-electron chi connectivity index (χ4n) is 1.02. The normalized spacial score (nSPS) is 10.4. The van der Waals surface area contributed by atoms with Gasteiger partial charge in [-0.25, -0.2) is 4.79 Å². The maximum atomic E-state index is 10.5. The maximum Gasteiger partial charge on any atom is 0.371 e. The highest BCUT2D eigenvalue weighted by atomic mass is 32.2. The van der Waals surface area contributed by atoms with Crippen molar-refractivity contribution in [3.05, 3.63) is 36.4 Å². The molecule has 2 aromatic heterocycles. The van der Waals surface area contributed by atoms with Crippen LogP contribution >= 0.6 is 11.8 Å². The third-order valence-electron chi connectivity index (χ3n) is 1.69. The minimum Gasteiger partial charge on any atom is -0.475 e. The zero-order chi connectivity index (χ0) is 10.7. The van der Waals surface area contributed by atoms with Crippen LogP contribution in [-0.4, -0.2) is 20.9 Å². The van der Waals surface area contributed by atoms with Gasteiger partial charge in [0.05, 0.1) is 5.88 Å². The molecular formula is C9H8N2O3S. The van der Waals surface area contributed by atoms with Crippen LogP contribution in [0.2, 0.25) is 0 Å². The van der Waals surface area contributed by atoms with Gasteiger partial charge in [0.2, 0.25) is 5.76 Å². The topological polar surface area (TPSA) is 68.3 Å². The van der Waals surface area contributed by atoms with Crippen LogP contribution < -0.4 is 0 Å². The van der Waals surface area contributed by atoms with Crippen LogP contribution in [0.15, 0.2) is 40.1 Å². The lowest BCUT2D eigenvalue weighted by Gasteiger charge is -1.97. The second kappa shape index (κ2) is 4.22. The lowest BCUT2D eigenvalue weighted by molar-refractivity contribution is 0.0656. The van der Waals surface area contributed by atoms with E-state index in [9.17, 15) is 4.79 Å². The molecule has 0 saturated heterocycles. The number of hydrogen-bond acceptors (Lipinski definition) is 4. The molecule has 78 valence electrons. The van der Waals surface area contributed by atoms with E-state index in [4.69, 9.17) is 9.52 Å². The Morgan fingerprint density at radius 1 is 1.60 bits per heavy atom. The van der Waals surface area contributed by atoms with E-state index < -0.39 is 5.97 Å². The van der Waals surface area contributed by atoms with E-state index in [1.54, 1.807) is 16.9 Å². The molecule has 0 fully saturated rings. The summed E-state index contributed by atoms with van der Waals surface area (Å²) in [5.41, 5.74) is 0. The van der Waals surface area contributed by atoms with Crippen molar-refractivity contribution in [3.8, 4) is 0 Å². The quantitative estimate of drug-likeness (QED) is 0.803. The monoisotopic (exact) mass is 224 g/mol. The van der Waals surface area contributed by atoms with Crippen molar-refractivity contribution < 1.29 is 14.3 Å². The Morgan fingerprint density at radius 3 is 3.07 bits per heavy atom. The summed E-state index contributed by atoms with van der Waals surface area (Å²) < 4.78 is 6.80. The van der Waals surface area contributed by atoms with Crippen LogP contribution in [0.5, 0.6) is 0 Å². The summed E-state index contributed by atoms with van der Waals surface area (Å²) in [5.74, 6) is -0.501. The molecule has 0 saturated carbocycles. The molecule has 5 nitrogen and oxygen atoms in total. The van der Waals surface area contributed by atoms with Gasteiger partial charge in [0, 0.05) is 12.4 Å². The Labute approximate surface area is 89.7 Å². The van der Waals surface area contributed by atoms with Crippen molar-refractivity contribution in [1.29, 1.82) is 0 Å². The number of aromatic nitrogens is 2. The SMILES string of the molecule is O=C(O)c1ccc(SCn2cccn2)o1. The van der Waals surface area contributed by atoms with Crippen molar-refractivity contribution in [2.24, 2.45) is 0 Å². The molecule has 2 heterocycles. The van der Waals surface area contributed by atoms with Gasteiger partial charge in [-0.15, -0.1) is 0 Å². The molecule has 15 heavy (non-hydrogen) atoms. The average molecular weight is 224 g/mol. The lowest BCUT2D eigenvalue weighted by atomic mass is 10.5. The summed E-state index contributed by atoms with van der Waals surface area (Å²) in [6.07, 6.45) is 3.51. The van der Waals surface area contributed by atoms with Crippen molar-refractivity contribution >= 4 is 17.7 Å². The maximum absolute atomic E-state index is 10.5. The van der Waals surface area contributed by atoms with Crippen LogP contribution in [0, 0.1) is 0 Å². The molecule has 0 unspecified atom stereocenters. The summed E-state index contributed by atoms with van der Waals surface area (Å²) in [5, 5.41) is 13.2. The number of nitrogens with zero attached hydrogens (tertiary/aromatic N) is 2. The smallest absolute Gasteiger partial charge is 0.371 e. The fraction of sp³-hybridized carbons (Fsp3) is 0.111. The molecule has 0 aliphatic carbocycles. The van der Waals surface area contributed by atoms with Gasteiger partial charge < -0.3 is 9.52 Å². The van der Waals surface area contributed by atoms with Gasteiger partial charge in [-0.3, -0.25) is 4.68 Å². The molecule has 1 N–H and O–H groups in total. The Bertz CT molecular complexity index is 450. The third-order valence-corrected chi connectivity index (χ3v) is 2.59. The second-order valence-corrected chi connectivity index (χ2v) is 3.69. The number of rotatable bonds is 4. The number of carbonyl (C=O) groups is 1. The van der Waals surface area contributed by atoms with Gasteiger partial charge in [0.1, 0.15) is 0 Å². The Hall–Kier alpha value is -1.69. The van der Waals surface area contributed by atoms with Gasteiger partial charge >= 0.3 is 5.97 Å². The summed E-state index contributed by atoms with van der Waals surface area (Å²) in [6, 6.07) is 4.90. The number of carboxylic acid groups (broad SMARTS) is 1. The molecule has 2 rings (SSSR count). The molecule has 0 spiro atoms. The molecule has 0 radical (unpaired) electrons. The van der Waals surface area contributed by atoms with Gasteiger partial charge in [-0.05, 0) is 18.2 Å². The van der Waals surface area contributed by atoms with Crippen LogP contribution in [0.4, 0.5) is 0 Å². The van der Waals surface area contributed by atoms with E-state index in [0.29, 0.717) is 11.0 Å². The molecule has 0 aliphatic heterocycles. The first-order valence-electron chi connectivity index (χ1n) is 4.19. The van der Waals surface area contributed by atoms with Crippen molar-refractivity contribution in [2.75, 3.05) is 0 Å². The fourth-order valence-corrected chi connectivity index (χ4v) is 1.74. The van der Waals surface area contributed by atoms with Crippen molar-refractivity contribution in [3.63, 3.8) is 0 Å². The third kappa shape index (κ3) is 2.41. The summed E-state index contributed by atoms with van der Waals surface area (Å²) in [6.45, 7) is 0. The Kier molecular flexibility index (Phi) is 2.77. The minimum atomic E-state index is -1.05. The van der Waals surface area contributed by atoms with E-state index in [1.807, 2.05) is 12.3 Å². The number of aromatic carboxylic acids is 1. The first kappa shape index (κ1) is 9.85. The number of hydrogen-bond donors (Lipinski definition) is 1. The Morgan fingerprint density at radius 2 is 2.47 bits per heavy atom. The first-order chi connectivity index (χ1) is 7.25. The van der Waals surface area contributed by atoms with Crippen LogP contribution in [-0.2, 0) is 5.88 Å². The molecule has 6 heteroatoms. The summed E-state index contributed by atoms with van der Waals surface area (Å²) in [7, 11) is 0. The number of carboxylic acids is 1. The standard InChI is InChI=1S/C9H8N2O3S/c12-9(13)7-2-3-8(14-7)15-6-11-5-1-4-10-11/h1-5H,6H2,(H,12,13). The molecule has 0 bridgehead atoms. The lowest BCUT2D eigenvalue weighted by Crippen LogP contribution is -1.93. The molecule has 2 aromatic rings. The summed E-state index contributed by atoms with van der Waals surface area (Å²) in [4.78, 5) is 10.5. The van der Waals surface area contributed by atoms with Crippen molar-refractivity contribution in [2.45, 2.75) is 11.0 Å². The van der Waals surface area contributed by atoms with Gasteiger partial charge in [-0.2, -0.15) is 5.10 Å². The number of furan rings is 1. The largest absolute Gasteiger partial charge is 0.475 e. The predicted octanol–water partition coefficient (Wildman–Crippen LogP) is 1.92. The molecule has 0 aliphatic rings. The van der Waals surface area contributed by atoms with E-state index in [0.717, 1.165) is 0 Å². The first-order valence-corrected chi connectivity index (χ1v) is 5.17. The van der Waals surface area contributed by atoms with E-state index in [2.05, 4.69) is 5.10 Å². The van der Waals surface area contributed by atoms with Crippen LogP contribution in [0.25, 0.3) is 0 Å².